The number of pyridine rings is 1. The highest BCUT2D eigenvalue weighted by Gasteiger charge is 2.35. The fourth-order valence-electron chi connectivity index (χ4n) is 2.04. The highest BCUT2D eigenvalue weighted by Crippen LogP contribution is 2.35. The van der Waals surface area contributed by atoms with Gasteiger partial charge in [0.2, 0.25) is 0 Å². The third-order valence-electron chi connectivity index (χ3n) is 3.23. The van der Waals surface area contributed by atoms with Gasteiger partial charge in [-0.1, -0.05) is 11.6 Å². The fourth-order valence-corrected chi connectivity index (χ4v) is 2.24. The second-order valence-electron chi connectivity index (χ2n) is 4.41. The van der Waals surface area contributed by atoms with E-state index in [1.807, 2.05) is 0 Å². The van der Waals surface area contributed by atoms with Crippen LogP contribution in [0.3, 0.4) is 0 Å². The maximum Gasteiger partial charge on any atom is 0.255 e. The Morgan fingerprint density at radius 1 is 1.67 bits per heavy atom. The van der Waals surface area contributed by atoms with E-state index < -0.39 is 0 Å². The summed E-state index contributed by atoms with van der Waals surface area (Å²) in [5.41, 5.74) is 6.22. The smallest absolute Gasteiger partial charge is 0.255 e. The monoisotopic (exact) mass is 289 g/mol. The highest BCUT2D eigenvalue weighted by atomic mass is 35.5. The molecule has 0 bridgehead atoms. The second-order valence-corrected chi connectivity index (χ2v) is 4.82. The summed E-state index contributed by atoms with van der Waals surface area (Å²) in [4.78, 5) is 17.8. The maximum absolute atomic E-state index is 12.3. The maximum atomic E-state index is 12.3. The predicted octanol–water partition coefficient (Wildman–Crippen LogP) is 1.97. The molecule has 1 aromatic rings. The Labute approximate surface area is 118 Å². The average Bonchev–Trinajstić information content (AvgIpc) is 3.14. The summed E-state index contributed by atoms with van der Waals surface area (Å²) < 4.78 is 0. The third kappa shape index (κ3) is 3.13. The van der Waals surface area contributed by atoms with Gasteiger partial charge in [-0.2, -0.15) is 0 Å². The second kappa shape index (κ2) is 6.36. The molecule has 1 fully saturated rings. The zero-order valence-electron chi connectivity index (χ0n) is 10.2. The van der Waals surface area contributed by atoms with Crippen LogP contribution in [0.15, 0.2) is 18.5 Å². The van der Waals surface area contributed by atoms with E-state index in [9.17, 15) is 4.79 Å². The fraction of sp³-hybridized carbons (Fsp3) is 0.500. The van der Waals surface area contributed by atoms with Crippen molar-refractivity contribution in [3.05, 3.63) is 29.0 Å². The van der Waals surface area contributed by atoms with E-state index in [1.165, 1.54) is 6.20 Å². The molecular weight excluding hydrogens is 273 g/mol. The third-order valence-corrected chi connectivity index (χ3v) is 3.53. The van der Waals surface area contributed by atoms with Crippen LogP contribution in [0.5, 0.6) is 0 Å². The molecule has 1 saturated carbocycles. The number of amides is 1. The van der Waals surface area contributed by atoms with E-state index in [2.05, 4.69) is 4.98 Å². The van der Waals surface area contributed by atoms with E-state index >= 15 is 0 Å². The van der Waals surface area contributed by atoms with Gasteiger partial charge in [-0.15, -0.1) is 12.4 Å². The zero-order valence-corrected chi connectivity index (χ0v) is 11.7. The molecule has 1 unspecified atom stereocenters. The topological polar surface area (TPSA) is 59.2 Å². The molecule has 0 saturated heterocycles. The van der Waals surface area contributed by atoms with Crippen LogP contribution in [0.2, 0.25) is 5.02 Å². The number of carbonyl (C=O) groups is 1. The highest BCUT2D eigenvalue weighted by molar-refractivity contribution is 6.33. The first-order chi connectivity index (χ1) is 8.15. The zero-order chi connectivity index (χ0) is 12.4. The number of nitrogens with two attached hydrogens (primary N) is 1. The molecular formula is C12H17Cl2N3O. The molecule has 2 rings (SSSR count). The van der Waals surface area contributed by atoms with Crippen molar-refractivity contribution in [2.24, 2.45) is 11.7 Å². The summed E-state index contributed by atoms with van der Waals surface area (Å²) in [5, 5.41) is 0.385. The van der Waals surface area contributed by atoms with Gasteiger partial charge in [0.25, 0.3) is 5.91 Å². The molecule has 1 heterocycles. The lowest BCUT2D eigenvalue weighted by atomic mass is 10.1. The minimum Gasteiger partial charge on any atom is -0.337 e. The molecule has 6 heteroatoms. The quantitative estimate of drug-likeness (QED) is 0.922. The van der Waals surface area contributed by atoms with Gasteiger partial charge < -0.3 is 10.6 Å². The Hall–Kier alpha value is -0.840. The lowest BCUT2D eigenvalue weighted by Gasteiger charge is -2.27. The van der Waals surface area contributed by atoms with E-state index in [0.29, 0.717) is 23.0 Å². The van der Waals surface area contributed by atoms with Crippen LogP contribution < -0.4 is 5.73 Å². The van der Waals surface area contributed by atoms with Crippen molar-refractivity contribution >= 4 is 29.9 Å². The molecule has 0 spiro atoms. The molecule has 1 aliphatic rings. The van der Waals surface area contributed by atoms with E-state index in [-0.39, 0.29) is 24.4 Å². The number of nitrogens with zero attached hydrogens (tertiary/aromatic N) is 2. The minimum absolute atomic E-state index is 0. The average molecular weight is 290 g/mol. The number of rotatable bonds is 4. The summed E-state index contributed by atoms with van der Waals surface area (Å²) in [6.07, 6.45) is 5.37. The van der Waals surface area contributed by atoms with E-state index in [0.717, 1.165) is 12.8 Å². The van der Waals surface area contributed by atoms with Gasteiger partial charge >= 0.3 is 0 Å². The molecule has 0 aromatic carbocycles. The molecule has 0 radical (unpaired) electrons. The van der Waals surface area contributed by atoms with Crippen LogP contribution in [0, 0.1) is 5.92 Å². The first kappa shape index (κ1) is 15.2. The van der Waals surface area contributed by atoms with Crippen LogP contribution in [0.1, 0.15) is 23.2 Å². The molecule has 1 atom stereocenters. The van der Waals surface area contributed by atoms with E-state index in [1.54, 1.807) is 24.2 Å². The van der Waals surface area contributed by atoms with Crippen molar-refractivity contribution in [3.63, 3.8) is 0 Å². The summed E-state index contributed by atoms with van der Waals surface area (Å²) in [5.74, 6) is 0.467. The summed E-state index contributed by atoms with van der Waals surface area (Å²) >= 11 is 5.97. The van der Waals surface area contributed by atoms with Crippen LogP contribution in [-0.2, 0) is 0 Å². The Kier molecular flexibility index (Phi) is 5.38. The SMILES string of the molecule is CN(C(=O)c1ccncc1Cl)C(CN)C1CC1.Cl. The van der Waals surface area contributed by atoms with Crippen molar-refractivity contribution in [1.82, 2.24) is 9.88 Å². The van der Waals surface area contributed by atoms with Crippen LogP contribution >= 0.6 is 24.0 Å². The predicted molar refractivity (Wildman–Crippen MR) is 74.2 cm³/mol. The standard InChI is InChI=1S/C12H16ClN3O.ClH/c1-16(11(6-14)8-2-3-8)12(17)9-4-5-15-7-10(9)13;/h4-5,7-8,11H,2-3,6,14H2,1H3;1H. The van der Waals surface area contributed by atoms with Crippen molar-refractivity contribution < 1.29 is 4.79 Å². The van der Waals surface area contributed by atoms with Gasteiger partial charge in [-0.05, 0) is 24.8 Å². The number of halogens is 2. The van der Waals surface area contributed by atoms with Crippen molar-refractivity contribution in [2.45, 2.75) is 18.9 Å². The normalized spacial score (nSPS) is 15.7. The van der Waals surface area contributed by atoms with Gasteiger partial charge in [0, 0.05) is 32.0 Å². The Balaban J connectivity index is 0.00000162. The summed E-state index contributed by atoms with van der Waals surface area (Å²) in [6.45, 7) is 0.496. The summed E-state index contributed by atoms with van der Waals surface area (Å²) in [6, 6.07) is 1.76. The van der Waals surface area contributed by atoms with Crippen molar-refractivity contribution in [2.75, 3.05) is 13.6 Å². The van der Waals surface area contributed by atoms with Gasteiger partial charge in [-0.3, -0.25) is 9.78 Å². The number of likely N-dealkylation sites (N-methyl/N-ethyl adjacent to an activating group) is 1. The number of carbonyl (C=O) groups excluding carboxylic acids is 1. The molecule has 1 aliphatic carbocycles. The molecule has 2 N–H and O–H groups in total. The summed E-state index contributed by atoms with van der Waals surface area (Å²) in [7, 11) is 1.79. The lowest BCUT2D eigenvalue weighted by molar-refractivity contribution is 0.0718. The molecule has 1 aromatic heterocycles. The molecule has 0 aliphatic heterocycles. The number of aromatic nitrogens is 1. The van der Waals surface area contributed by atoms with Gasteiger partial charge in [-0.25, -0.2) is 0 Å². The van der Waals surface area contributed by atoms with Crippen molar-refractivity contribution in [1.29, 1.82) is 0 Å². The van der Waals surface area contributed by atoms with Crippen molar-refractivity contribution in [3.8, 4) is 0 Å². The first-order valence-electron chi connectivity index (χ1n) is 5.72. The van der Waals surface area contributed by atoms with Crippen LogP contribution in [-0.4, -0.2) is 35.4 Å². The Morgan fingerprint density at radius 2 is 2.33 bits per heavy atom. The van der Waals surface area contributed by atoms with Crippen LogP contribution in [0.25, 0.3) is 0 Å². The largest absolute Gasteiger partial charge is 0.337 e. The lowest BCUT2D eigenvalue weighted by Crippen LogP contribution is -2.43. The Bertz CT molecular complexity index is 424. The number of hydrogen-bond acceptors (Lipinski definition) is 3. The number of hydrogen-bond donors (Lipinski definition) is 1. The molecule has 4 nitrogen and oxygen atoms in total. The van der Waals surface area contributed by atoms with Gasteiger partial charge in [0.15, 0.2) is 0 Å². The molecule has 100 valence electrons. The minimum atomic E-state index is -0.0836. The molecule has 1 amide bonds. The Morgan fingerprint density at radius 3 is 2.83 bits per heavy atom. The first-order valence-corrected chi connectivity index (χ1v) is 6.09. The van der Waals surface area contributed by atoms with Crippen LogP contribution in [0.4, 0.5) is 0 Å². The van der Waals surface area contributed by atoms with Gasteiger partial charge in [0.05, 0.1) is 10.6 Å². The van der Waals surface area contributed by atoms with E-state index in [4.69, 9.17) is 17.3 Å². The van der Waals surface area contributed by atoms with Gasteiger partial charge in [0.1, 0.15) is 0 Å². The molecule has 18 heavy (non-hydrogen) atoms.